The Labute approximate surface area is 121 Å². The van der Waals surface area contributed by atoms with Gasteiger partial charge in [0.05, 0.1) is 12.1 Å². The van der Waals surface area contributed by atoms with Gasteiger partial charge in [-0.05, 0) is 43.0 Å². The molecule has 1 aromatic carbocycles. The number of rotatable bonds is 4. The van der Waals surface area contributed by atoms with Gasteiger partial charge in [-0.2, -0.15) is 13.2 Å². The molecule has 0 saturated heterocycles. The molecule has 1 saturated carbocycles. The number of carbonyl (C=O) groups excluding carboxylic acids is 1. The Hall–Kier alpha value is -2.16. The van der Waals surface area contributed by atoms with Crippen molar-refractivity contribution in [3.8, 4) is 12.3 Å². The summed E-state index contributed by atoms with van der Waals surface area (Å²) in [6.45, 7) is 0.764. The van der Waals surface area contributed by atoms with Crippen LogP contribution in [-0.2, 0) is 6.18 Å². The fraction of sp³-hybridized carbons (Fsp3) is 0.400. The molecule has 0 radical (unpaired) electrons. The minimum Gasteiger partial charge on any atom is -0.313 e. The van der Waals surface area contributed by atoms with Crippen LogP contribution in [0.4, 0.5) is 23.7 Å². The molecule has 0 bridgehead atoms. The number of alkyl halides is 3. The number of urea groups is 1. The molecule has 1 aliphatic rings. The molecule has 1 fully saturated rings. The van der Waals surface area contributed by atoms with Gasteiger partial charge in [0, 0.05) is 12.2 Å². The second kappa shape index (κ2) is 6.08. The van der Waals surface area contributed by atoms with E-state index in [4.69, 9.17) is 6.42 Å². The number of nitrogens with one attached hydrogen (secondary N) is 1. The third-order valence-electron chi connectivity index (χ3n) is 3.21. The lowest BCUT2D eigenvalue weighted by Gasteiger charge is -2.20. The lowest BCUT2D eigenvalue weighted by atomic mass is 10.2. The van der Waals surface area contributed by atoms with Crippen LogP contribution in [0.25, 0.3) is 0 Å². The van der Waals surface area contributed by atoms with Crippen LogP contribution in [0.5, 0.6) is 0 Å². The lowest BCUT2D eigenvalue weighted by molar-refractivity contribution is -0.137. The lowest BCUT2D eigenvalue weighted by Crippen LogP contribution is -2.36. The van der Waals surface area contributed by atoms with Gasteiger partial charge in [0.25, 0.3) is 0 Å². The molecule has 0 aliphatic heterocycles. The van der Waals surface area contributed by atoms with Gasteiger partial charge in [0.15, 0.2) is 0 Å². The van der Waals surface area contributed by atoms with Crippen LogP contribution in [0, 0.1) is 18.3 Å². The van der Waals surface area contributed by atoms with Gasteiger partial charge >= 0.3 is 12.2 Å². The van der Waals surface area contributed by atoms with Crippen LogP contribution in [0.15, 0.2) is 24.3 Å². The fourth-order valence-corrected chi connectivity index (χ4v) is 1.89. The van der Waals surface area contributed by atoms with Gasteiger partial charge in [-0.1, -0.05) is 5.92 Å². The summed E-state index contributed by atoms with van der Waals surface area (Å²) in [5.41, 5.74) is -0.440. The first-order valence-electron chi connectivity index (χ1n) is 6.57. The number of terminal acetylenes is 1. The number of hydrogen-bond donors (Lipinski definition) is 1. The molecule has 21 heavy (non-hydrogen) atoms. The fourth-order valence-electron chi connectivity index (χ4n) is 1.89. The normalized spacial score (nSPS) is 14.4. The van der Waals surface area contributed by atoms with Gasteiger partial charge < -0.3 is 10.2 Å². The summed E-state index contributed by atoms with van der Waals surface area (Å²) in [5, 5.41) is 2.56. The Balaban J connectivity index is 1.98. The van der Waals surface area contributed by atoms with E-state index in [9.17, 15) is 18.0 Å². The van der Waals surface area contributed by atoms with Crippen molar-refractivity contribution in [3.63, 3.8) is 0 Å². The number of carbonyl (C=O) groups is 1. The van der Waals surface area contributed by atoms with Crippen LogP contribution in [0.3, 0.4) is 0 Å². The number of amides is 2. The Morgan fingerprint density at radius 1 is 1.33 bits per heavy atom. The van der Waals surface area contributed by atoms with Gasteiger partial charge in [-0.3, -0.25) is 0 Å². The summed E-state index contributed by atoms with van der Waals surface area (Å²) in [6, 6.07) is 3.93. The summed E-state index contributed by atoms with van der Waals surface area (Å²) in [5.74, 6) is 2.90. The second-order valence-electron chi connectivity index (χ2n) is 5.03. The second-order valence-corrected chi connectivity index (χ2v) is 5.03. The molecule has 1 aliphatic carbocycles. The van der Waals surface area contributed by atoms with Crippen LogP contribution in [0.2, 0.25) is 0 Å². The highest BCUT2D eigenvalue weighted by Crippen LogP contribution is 2.31. The van der Waals surface area contributed by atoms with Gasteiger partial charge in [0.1, 0.15) is 0 Å². The molecular formula is C15H15F3N2O. The SMILES string of the molecule is C#CCN(CC1CC1)C(=O)Nc1ccc(C(F)(F)F)cc1. The highest BCUT2D eigenvalue weighted by atomic mass is 19.4. The Morgan fingerprint density at radius 2 is 1.95 bits per heavy atom. The van der Waals surface area contributed by atoms with Crippen LogP contribution >= 0.6 is 0 Å². The number of benzene rings is 1. The van der Waals surface area contributed by atoms with E-state index in [1.807, 2.05) is 0 Å². The highest BCUT2D eigenvalue weighted by Gasteiger charge is 2.30. The van der Waals surface area contributed by atoms with Crippen molar-refractivity contribution in [2.45, 2.75) is 19.0 Å². The topological polar surface area (TPSA) is 32.3 Å². The molecule has 2 amide bonds. The first kappa shape index (κ1) is 15.2. The Bertz CT molecular complexity index is 542. The first-order chi connectivity index (χ1) is 9.90. The van der Waals surface area contributed by atoms with Crippen molar-refractivity contribution < 1.29 is 18.0 Å². The van der Waals surface area contributed by atoms with Crippen molar-refractivity contribution in [1.29, 1.82) is 0 Å². The van der Waals surface area contributed by atoms with Crippen LogP contribution < -0.4 is 5.32 Å². The number of nitrogens with zero attached hydrogens (tertiary/aromatic N) is 1. The maximum absolute atomic E-state index is 12.4. The van der Waals surface area contributed by atoms with Crippen molar-refractivity contribution in [3.05, 3.63) is 29.8 Å². The average Bonchev–Trinajstić information content (AvgIpc) is 3.22. The number of hydrogen-bond acceptors (Lipinski definition) is 1. The molecule has 2 rings (SSSR count). The van der Waals surface area contributed by atoms with E-state index in [1.54, 1.807) is 0 Å². The molecule has 1 aromatic rings. The molecule has 3 nitrogen and oxygen atoms in total. The third-order valence-corrected chi connectivity index (χ3v) is 3.21. The van der Waals surface area contributed by atoms with E-state index < -0.39 is 11.7 Å². The minimum absolute atomic E-state index is 0.184. The van der Waals surface area contributed by atoms with Crippen molar-refractivity contribution in [2.75, 3.05) is 18.4 Å². The average molecular weight is 296 g/mol. The third kappa shape index (κ3) is 4.42. The van der Waals surface area contributed by atoms with Crippen molar-refractivity contribution >= 4 is 11.7 Å². The predicted molar refractivity (Wildman–Crippen MR) is 73.6 cm³/mol. The maximum atomic E-state index is 12.4. The van der Waals surface area contributed by atoms with Crippen LogP contribution in [0.1, 0.15) is 18.4 Å². The summed E-state index contributed by atoms with van der Waals surface area (Å²) < 4.78 is 37.3. The largest absolute Gasteiger partial charge is 0.416 e. The molecule has 0 heterocycles. The predicted octanol–water partition coefficient (Wildman–Crippen LogP) is 3.58. The maximum Gasteiger partial charge on any atom is 0.416 e. The van der Waals surface area contributed by atoms with E-state index in [-0.39, 0.29) is 12.6 Å². The molecule has 0 spiro atoms. The quantitative estimate of drug-likeness (QED) is 0.846. The zero-order chi connectivity index (χ0) is 15.5. The van der Waals surface area contributed by atoms with E-state index in [0.717, 1.165) is 25.0 Å². The van der Waals surface area contributed by atoms with Crippen molar-refractivity contribution in [1.82, 2.24) is 4.90 Å². The molecular weight excluding hydrogens is 281 g/mol. The Morgan fingerprint density at radius 3 is 2.43 bits per heavy atom. The van der Waals surface area contributed by atoms with Gasteiger partial charge in [0.2, 0.25) is 0 Å². The van der Waals surface area contributed by atoms with Crippen molar-refractivity contribution in [2.24, 2.45) is 5.92 Å². The van der Waals surface area contributed by atoms with Crippen LogP contribution in [-0.4, -0.2) is 24.0 Å². The molecule has 1 N–H and O–H groups in total. The minimum atomic E-state index is -4.38. The van der Waals surface area contributed by atoms with Gasteiger partial charge in [-0.15, -0.1) is 6.42 Å². The standard InChI is InChI=1S/C15H15F3N2O/c1-2-9-20(10-11-3-4-11)14(21)19-13-7-5-12(6-8-13)15(16,17)18/h1,5-8,11H,3-4,9-10H2,(H,19,21). The summed E-state index contributed by atoms with van der Waals surface area (Å²) in [7, 11) is 0. The summed E-state index contributed by atoms with van der Waals surface area (Å²) in [6.07, 6.45) is 3.00. The first-order valence-corrected chi connectivity index (χ1v) is 6.57. The van der Waals surface area contributed by atoms with Gasteiger partial charge in [-0.25, -0.2) is 4.79 Å². The summed E-state index contributed by atoms with van der Waals surface area (Å²) in [4.78, 5) is 13.5. The van der Waals surface area contributed by atoms with E-state index in [2.05, 4.69) is 11.2 Å². The molecule has 112 valence electrons. The number of anilines is 1. The molecule has 0 atom stereocenters. The van der Waals surface area contributed by atoms with E-state index in [0.29, 0.717) is 18.2 Å². The number of halogens is 3. The molecule has 0 aromatic heterocycles. The highest BCUT2D eigenvalue weighted by molar-refractivity contribution is 5.89. The molecule has 6 heteroatoms. The smallest absolute Gasteiger partial charge is 0.313 e. The zero-order valence-corrected chi connectivity index (χ0v) is 11.3. The monoisotopic (exact) mass is 296 g/mol. The van der Waals surface area contributed by atoms with E-state index >= 15 is 0 Å². The molecule has 0 unspecified atom stereocenters. The summed E-state index contributed by atoms with van der Waals surface area (Å²) >= 11 is 0. The zero-order valence-electron chi connectivity index (χ0n) is 11.3. The Kier molecular flexibility index (Phi) is 4.41. The van der Waals surface area contributed by atoms with E-state index in [1.165, 1.54) is 17.0 Å².